The van der Waals surface area contributed by atoms with Gasteiger partial charge in [0.2, 0.25) is 5.78 Å². The Morgan fingerprint density at radius 1 is 1.00 bits per heavy atom. The van der Waals surface area contributed by atoms with Crippen LogP contribution in [-0.4, -0.2) is 28.2 Å². The monoisotopic (exact) mass is 510 g/mol. The fraction of sp³-hybridized carbons (Fsp3) is 0.333. The average molecular weight is 511 g/mol. The number of amides is 1. The van der Waals surface area contributed by atoms with Crippen LogP contribution in [0.2, 0.25) is 0 Å². The maximum atomic E-state index is 14.6. The summed E-state index contributed by atoms with van der Waals surface area (Å²) in [6.07, 6.45) is 4.82. The molecule has 1 amide bonds. The highest BCUT2D eigenvalue weighted by molar-refractivity contribution is 7.15. The smallest absolute Gasteiger partial charge is 0.250 e. The van der Waals surface area contributed by atoms with E-state index in [0.717, 1.165) is 39.7 Å². The predicted octanol–water partition coefficient (Wildman–Crippen LogP) is 5.76. The van der Waals surface area contributed by atoms with Crippen LogP contribution in [0.1, 0.15) is 74.4 Å². The molecule has 4 aromatic rings. The van der Waals surface area contributed by atoms with Gasteiger partial charge in [0, 0.05) is 28.2 Å². The summed E-state index contributed by atoms with van der Waals surface area (Å²) in [5, 5.41) is 5.25. The zero-order valence-corrected chi connectivity index (χ0v) is 21.9. The Balaban J connectivity index is 1.61. The largest absolute Gasteiger partial charge is 0.366 e. The molecule has 7 heteroatoms. The van der Waals surface area contributed by atoms with E-state index in [4.69, 9.17) is 15.7 Å². The number of carbonyl (C=O) groups is 2. The van der Waals surface area contributed by atoms with Crippen LogP contribution in [0.4, 0.5) is 0 Å². The first-order valence-corrected chi connectivity index (χ1v) is 13.8. The second-order valence-electron chi connectivity index (χ2n) is 10.3. The first-order valence-electron chi connectivity index (χ1n) is 13.0. The molecule has 0 bridgehead atoms. The maximum Gasteiger partial charge on any atom is 0.250 e. The van der Waals surface area contributed by atoms with Crippen LogP contribution in [0, 0.1) is 25.7 Å². The summed E-state index contributed by atoms with van der Waals surface area (Å²) in [5.74, 6) is 0.388. The van der Waals surface area contributed by atoms with Crippen LogP contribution in [-0.2, 0) is 0 Å². The molecular formula is C30H30N4O2S. The molecule has 3 heterocycles. The number of benzene rings is 2. The van der Waals surface area contributed by atoms with E-state index in [2.05, 4.69) is 5.32 Å². The number of rotatable bonds is 5. The van der Waals surface area contributed by atoms with Crippen molar-refractivity contribution in [3.63, 3.8) is 0 Å². The molecule has 3 unspecified atom stereocenters. The molecule has 2 aromatic heterocycles. The molecule has 1 saturated heterocycles. The van der Waals surface area contributed by atoms with Crippen molar-refractivity contribution in [2.24, 2.45) is 17.6 Å². The van der Waals surface area contributed by atoms with E-state index in [1.807, 2.05) is 50.2 Å². The standard InChI is InChI=1S/C30H30N4O2S/c1-16-23(26-20-12-7-6-11-19(20)15-32-26)24(21-13-8-14-22(30(31)36)25(21)33-16)28(35)27-29(37-17(2)34-27)18-9-4-3-5-10-18/h3-5,8-10,13-14,19-20,26,32H,6-7,11-12,15H2,1-2H3,(H2,31,36). The molecule has 3 atom stereocenters. The summed E-state index contributed by atoms with van der Waals surface area (Å²) in [7, 11) is 0. The number of fused-ring (bicyclic) bond motifs is 2. The number of thiazole rings is 1. The molecule has 1 aliphatic heterocycles. The Morgan fingerprint density at radius 3 is 2.57 bits per heavy atom. The zero-order valence-electron chi connectivity index (χ0n) is 21.1. The average Bonchev–Trinajstić information content (AvgIpc) is 3.51. The molecule has 2 fully saturated rings. The summed E-state index contributed by atoms with van der Waals surface area (Å²) in [5.41, 5.74) is 10.3. The number of primary amides is 1. The summed E-state index contributed by atoms with van der Waals surface area (Å²) in [4.78, 5) is 37.4. The van der Waals surface area contributed by atoms with E-state index in [9.17, 15) is 9.59 Å². The first-order chi connectivity index (χ1) is 17.9. The van der Waals surface area contributed by atoms with Crippen molar-refractivity contribution < 1.29 is 9.59 Å². The lowest BCUT2D eigenvalue weighted by molar-refractivity contribution is 0.0999. The third kappa shape index (κ3) is 4.06. The SMILES string of the molecule is Cc1nc(C(=O)c2c(C3NCC4CCCCC43)c(C)nc3c(C(N)=O)cccc23)c(-c2ccccc2)s1. The van der Waals surface area contributed by atoms with Gasteiger partial charge in [0.15, 0.2) is 0 Å². The van der Waals surface area contributed by atoms with Crippen LogP contribution in [0.15, 0.2) is 48.5 Å². The minimum absolute atomic E-state index is 0.0401. The lowest BCUT2D eigenvalue weighted by Crippen LogP contribution is -2.25. The number of nitrogens with zero attached hydrogens (tertiary/aromatic N) is 2. The van der Waals surface area contributed by atoms with Crippen molar-refractivity contribution >= 4 is 33.9 Å². The van der Waals surface area contributed by atoms with Crippen molar-refractivity contribution in [1.29, 1.82) is 0 Å². The predicted molar refractivity (Wildman–Crippen MR) is 147 cm³/mol. The van der Waals surface area contributed by atoms with Crippen LogP contribution < -0.4 is 11.1 Å². The number of nitrogens with one attached hydrogen (secondary N) is 1. The lowest BCUT2D eigenvalue weighted by atomic mass is 9.75. The number of pyridine rings is 1. The van der Waals surface area contributed by atoms with Gasteiger partial charge in [-0.1, -0.05) is 55.3 Å². The number of aryl methyl sites for hydroxylation is 2. The van der Waals surface area contributed by atoms with Gasteiger partial charge in [0.05, 0.1) is 21.0 Å². The van der Waals surface area contributed by atoms with Gasteiger partial charge in [0.25, 0.3) is 5.91 Å². The Bertz CT molecular complexity index is 1530. The third-order valence-electron chi connectivity index (χ3n) is 8.03. The molecule has 0 radical (unpaired) electrons. The van der Waals surface area contributed by atoms with E-state index < -0.39 is 5.91 Å². The molecule has 2 aromatic carbocycles. The van der Waals surface area contributed by atoms with Crippen LogP contribution in [0.25, 0.3) is 21.3 Å². The number of hydrogen-bond donors (Lipinski definition) is 2. The molecule has 1 saturated carbocycles. The van der Waals surface area contributed by atoms with Crippen molar-refractivity contribution in [3.05, 3.63) is 81.6 Å². The summed E-state index contributed by atoms with van der Waals surface area (Å²) in [6.45, 7) is 4.83. The van der Waals surface area contributed by atoms with E-state index in [-0.39, 0.29) is 11.8 Å². The summed E-state index contributed by atoms with van der Waals surface area (Å²) < 4.78 is 0. The second kappa shape index (κ2) is 9.47. The lowest BCUT2D eigenvalue weighted by Gasteiger charge is -2.30. The molecular weight excluding hydrogens is 480 g/mol. The Kier molecular flexibility index (Phi) is 6.13. The number of aromatic nitrogens is 2. The molecule has 188 valence electrons. The highest BCUT2D eigenvalue weighted by atomic mass is 32.1. The topological polar surface area (TPSA) is 98.0 Å². The molecule has 6 rings (SSSR count). The molecule has 2 aliphatic rings. The Morgan fingerprint density at radius 2 is 1.78 bits per heavy atom. The zero-order chi connectivity index (χ0) is 25.7. The highest BCUT2D eigenvalue weighted by Crippen LogP contribution is 2.46. The van der Waals surface area contributed by atoms with Crippen molar-refractivity contribution in [3.8, 4) is 10.4 Å². The summed E-state index contributed by atoms with van der Waals surface area (Å²) >= 11 is 1.53. The van der Waals surface area contributed by atoms with Crippen molar-refractivity contribution in [2.75, 3.05) is 6.54 Å². The van der Waals surface area contributed by atoms with Gasteiger partial charge in [-0.15, -0.1) is 11.3 Å². The van der Waals surface area contributed by atoms with E-state index in [0.29, 0.717) is 39.6 Å². The molecule has 37 heavy (non-hydrogen) atoms. The highest BCUT2D eigenvalue weighted by Gasteiger charge is 2.41. The molecule has 6 nitrogen and oxygen atoms in total. The van der Waals surface area contributed by atoms with E-state index in [1.165, 1.54) is 30.6 Å². The third-order valence-corrected chi connectivity index (χ3v) is 9.05. The van der Waals surface area contributed by atoms with E-state index >= 15 is 0 Å². The van der Waals surface area contributed by atoms with Crippen LogP contribution >= 0.6 is 11.3 Å². The molecule has 3 N–H and O–H groups in total. The van der Waals surface area contributed by atoms with Gasteiger partial charge in [-0.3, -0.25) is 14.6 Å². The van der Waals surface area contributed by atoms with Gasteiger partial charge in [0.1, 0.15) is 5.69 Å². The van der Waals surface area contributed by atoms with Gasteiger partial charge >= 0.3 is 0 Å². The van der Waals surface area contributed by atoms with Gasteiger partial charge in [-0.25, -0.2) is 4.98 Å². The quantitative estimate of drug-likeness (QED) is 0.333. The number of hydrogen-bond acceptors (Lipinski definition) is 6. The van der Waals surface area contributed by atoms with Crippen LogP contribution in [0.5, 0.6) is 0 Å². The molecule has 1 aliphatic carbocycles. The number of nitrogens with two attached hydrogens (primary N) is 1. The fourth-order valence-electron chi connectivity index (χ4n) is 6.40. The van der Waals surface area contributed by atoms with Gasteiger partial charge in [-0.2, -0.15) is 0 Å². The Hall–Kier alpha value is -3.42. The Labute approximate surface area is 220 Å². The minimum atomic E-state index is -0.551. The number of para-hydroxylation sites is 1. The normalized spacial score (nSPS) is 21.2. The maximum absolute atomic E-state index is 14.6. The van der Waals surface area contributed by atoms with E-state index in [1.54, 1.807) is 12.1 Å². The fourth-order valence-corrected chi connectivity index (χ4v) is 7.32. The van der Waals surface area contributed by atoms with Gasteiger partial charge < -0.3 is 11.1 Å². The summed E-state index contributed by atoms with van der Waals surface area (Å²) in [6, 6.07) is 15.3. The number of ketones is 1. The van der Waals surface area contributed by atoms with Crippen molar-refractivity contribution in [2.45, 2.75) is 45.6 Å². The van der Waals surface area contributed by atoms with Crippen LogP contribution in [0.3, 0.4) is 0 Å². The number of carbonyl (C=O) groups excluding carboxylic acids is 2. The van der Waals surface area contributed by atoms with Gasteiger partial charge in [-0.05, 0) is 56.7 Å². The first kappa shape index (κ1) is 23.9. The van der Waals surface area contributed by atoms with Crippen molar-refractivity contribution in [1.82, 2.24) is 15.3 Å². The molecule has 0 spiro atoms. The second-order valence-corrected chi connectivity index (χ2v) is 11.5. The minimum Gasteiger partial charge on any atom is -0.366 e.